The number of carbonyl (C=O) groups excluding carboxylic acids is 4. The molecule has 2 atom stereocenters. The third kappa shape index (κ3) is 32.5. The van der Waals surface area contributed by atoms with Gasteiger partial charge in [0.2, 0.25) is 0 Å². The van der Waals surface area contributed by atoms with Crippen LogP contribution in [0, 0.1) is 0 Å². The first-order chi connectivity index (χ1) is 32.2. The number of esters is 4. The van der Waals surface area contributed by atoms with Gasteiger partial charge < -0.3 is 28.7 Å². The number of piperazine rings is 1. The number of ether oxygens (including phenoxy) is 4. The van der Waals surface area contributed by atoms with Crippen LogP contribution in [0.3, 0.4) is 0 Å². The minimum absolute atomic E-state index is 0.0480. The van der Waals surface area contributed by atoms with E-state index in [0.29, 0.717) is 58.5 Å². The van der Waals surface area contributed by atoms with Crippen molar-refractivity contribution in [3.8, 4) is 0 Å². The Morgan fingerprint density at radius 1 is 0.485 bits per heavy atom. The van der Waals surface area contributed by atoms with E-state index in [2.05, 4.69) is 42.5 Å². The lowest BCUT2D eigenvalue weighted by atomic mass is 10.0. The molecule has 0 aromatic rings. The number of likely N-dealkylation sites (N-methyl/N-ethyl adjacent to an activating group) is 1. The molecule has 11 heteroatoms. The van der Waals surface area contributed by atoms with Crippen LogP contribution in [0.5, 0.6) is 0 Å². The summed E-state index contributed by atoms with van der Waals surface area (Å²) in [4.78, 5) is 58.3. The van der Waals surface area contributed by atoms with E-state index in [-0.39, 0.29) is 36.1 Å². The molecule has 0 spiro atoms. The first-order valence-corrected chi connectivity index (χ1v) is 28.1. The third-order valence-corrected chi connectivity index (χ3v) is 13.8. The van der Waals surface area contributed by atoms with Crippen molar-refractivity contribution in [3.63, 3.8) is 0 Å². The Morgan fingerprint density at radius 3 is 1.52 bits per heavy atom. The maximum atomic E-state index is 13.5. The molecule has 66 heavy (non-hydrogen) atoms. The van der Waals surface area contributed by atoms with E-state index in [4.69, 9.17) is 18.9 Å². The molecule has 0 unspecified atom stereocenters. The average Bonchev–Trinajstić information content (AvgIpc) is 3.71. The van der Waals surface area contributed by atoms with Gasteiger partial charge in [-0.3, -0.25) is 24.1 Å². The van der Waals surface area contributed by atoms with Gasteiger partial charge in [-0.2, -0.15) is 0 Å². The normalized spacial score (nSPS) is 17.1. The van der Waals surface area contributed by atoms with Gasteiger partial charge in [-0.15, -0.1) is 0 Å². The molecule has 0 aromatic heterocycles. The second kappa shape index (κ2) is 41.7. The molecule has 0 bridgehead atoms. The number of hydrogen-bond acceptors (Lipinski definition) is 11. The zero-order valence-corrected chi connectivity index (χ0v) is 43.5. The summed E-state index contributed by atoms with van der Waals surface area (Å²) < 4.78 is 23.3. The zero-order valence-electron chi connectivity index (χ0n) is 43.5. The van der Waals surface area contributed by atoms with E-state index in [1.165, 1.54) is 109 Å². The number of hydrogen-bond donors (Lipinski definition) is 0. The minimum Gasteiger partial charge on any atom is -0.466 e. The van der Waals surface area contributed by atoms with Crippen molar-refractivity contribution in [1.82, 2.24) is 14.7 Å². The van der Waals surface area contributed by atoms with Crippen LogP contribution in [0.1, 0.15) is 245 Å². The molecule has 2 rings (SSSR count). The van der Waals surface area contributed by atoms with Crippen molar-refractivity contribution in [2.24, 2.45) is 0 Å². The van der Waals surface area contributed by atoms with E-state index in [1.807, 2.05) is 0 Å². The van der Waals surface area contributed by atoms with Gasteiger partial charge in [-0.25, -0.2) is 0 Å². The first kappa shape index (κ1) is 59.9. The standard InChI is InChI=1S/C55H103N3O8/c1-5-8-11-14-17-18-19-24-32-45-63-52(59)36-30-26-31-39-58-48-50(66-54(61)38-40-57-43-41-56(4)42-44-57)47-51(58)55(62)64-46-33-25-20-23-29-37-53(60)65-49(34-27-21-15-12-9-6-2)35-28-22-16-13-10-7-3/h49-51H,5-48H2,1-4H3/t50-,51-/m0/s1. The van der Waals surface area contributed by atoms with Gasteiger partial charge in [-0.1, -0.05) is 162 Å². The summed E-state index contributed by atoms with van der Waals surface area (Å²) in [6.07, 6.45) is 36.5. The van der Waals surface area contributed by atoms with Crippen molar-refractivity contribution in [3.05, 3.63) is 0 Å². The molecule has 2 aliphatic heterocycles. The van der Waals surface area contributed by atoms with Gasteiger partial charge in [0.05, 0.1) is 19.6 Å². The van der Waals surface area contributed by atoms with Crippen LogP contribution in [-0.4, -0.2) is 123 Å². The second-order valence-corrected chi connectivity index (χ2v) is 20.0. The summed E-state index contributed by atoms with van der Waals surface area (Å²) in [7, 11) is 2.12. The smallest absolute Gasteiger partial charge is 0.323 e. The Labute approximate surface area is 405 Å². The summed E-state index contributed by atoms with van der Waals surface area (Å²) in [5.41, 5.74) is 0. The highest BCUT2D eigenvalue weighted by Crippen LogP contribution is 2.24. The van der Waals surface area contributed by atoms with Crippen LogP contribution in [0.25, 0.3) is 0 Å². The van der Waals surface area contributed by atoms with Crippen LogP contribution in [-0.2, 0) is 38.1 Å². The Hall–Kier alpha value is -2.24. The fourth-order valence-corrected chi connectivity index (χ4v) is 9.42. The van der Waals surface area contributed by atoms with Gasteiger partial charge in [0.15, 0.2) is 0 Å². The second-order valence-electron chi connectivity index (χ2n) is 20.0. The van der Waals surface area contributed by atoms with Gasteiger partial charge in [0.1, 0.15) is 18.2 Å². The van der Waals surface area contributed by atoms with Crippen molar-refractivity contribution in [2.75, 3.05) is 66.1 Å². The van der Waals surface area contributed by atoms with Crippen molar-refractivity contribution < 1.29 is 38.1 Å². The van der Waals surface area contributed by atoms with Crippen molar-refractivity contribution >= 4 is 23.9 Å². The summed E-state index contributed by atoms with van der Waals surface area (Å²) in [6.45, 7) is 13.4. The number of rotatable bonds is 44. The van der Waals surface area contributed by atoms with Gasteiger partial charge >= 0.3 is 23.9 Å². The Kier molecular flexibility index (Phi) is 37.8. The fourth-order valence-electron chi connectivity index (χ4n) is 9.42. The molecule has 11 nitrogen and oxygen atoms in total. The lowest BCUT2D eigenvalue weighted by Crippen LogP contribution is -2.45. The molecule has 0 radical (unpaired) electrons. The van der Waals surface area contributed by atoms with Crippen LogP contribution < -0.4 is 0 Å². The summed E-state index contributed by atoms with van der Waals surface area (Å²) >= 11 is 0. The molecule has 2 aliphatic rings. The molecule has 386 valence electrons. The largest absolute Gasteiger partial charge is 0.466 e. The Balaban J connectivity index is 1.70. The highest BCUT2D eigenvalue weighted by molar-refractivity contribution is 5.76. The maximum absolute atomic E-state index is 13.5. The molecule has 2 saturated heterocycles. The SMILES string of the molecule is CCCCCCCCCCCOC(=O)CCCCCN1C[C@@H](OC(=O)CCN2CCN(C)CC2)C[C@H]1C(=O)OCCCCCCCC(=O)OC(CCCCCCCC)CCCCCCCC. The first-order valence-electron chi connectivity index (χ1n) is 28.1. The van der Waals surface area contributed by atoms with Gasteiger partial charge in [0.25, 0.3) is 0 Å². The molecule has 0 aliphatic carbocycles. The maximum Gasteiger partial charge on any atom is 0.323 e. The lowest BCUT2D eigenvalue weighted by Gasteiger charge is -2.32. The predicted molar refractivity (Wildman–Crippen MR) is 270 cm³/mol. The Morgan fingerprint density at radius 2 is 0.955 bits per heavy atom. The number of carbonyl (C=O) groups is 4. The Bertz CT molecular complexity index is 1180. The molecular formula is C55H103N3O8. The zero-order chi connectivity index (χ0) is 47.7. The van der Waals surface area contributed by atoms with Gasteiger partial charge in [-0.05, 0) is 71.4 Å². The van der Waals surface area contributed by atoms with E-state index in [0.717, 1.165) is 116 Å². The molecule has 0 aromatic carbocycles. The quantitative estimate of drug-likeness (QED) is 0.0330. The highest BCUT2D eigenvalue weighted by atomic mass is 16.6. The van der Waals surface area contributed by atoms with E-state index in [1.54, 1.807) is 0 Å². The van der Waals surface area contributed by atoms with Crippen molar-refractivity contribution in [1.29, 1.82) is 0 Å². The number of nitrogens with zero attached hydrogens (tertiary/aromatic N) is 3. The van der Waals surface area contributed by atoms with Crippen LogP contribution in [0.4, 0.5) is 0 Å². The molecule has 0 saturated carbocycles. The van der Waals surface area contributed by atoms with E-state index >= 15 is 0 Å². The molecule has 0 N–H and O–H groups in total. The average molecular weight is 934 g/mol. The van der Waals surface area contributed by atoms with Crippen LogP contribution in [0.15, 0.2) is 0 Å². The van der Waals surface area contributed by atoms with Crippen LogP contribution >= 0.6 is 0 Å². The van der Waals surface area contributed by atoms with Crippen molar-refractivity contribution in [2.45, 2.75) is 264 Å². The monoisotopic (exact) mass is 934 g/mol. The molecular weight excluding hydrogens is 831 g/mol. The molecule has 2 fully saturated rings. The molecule has 0 amide bonds. The highest BCUT2D eigenvalue weighted by Gasteiger charge is 2.39. The number of unbranched alkanes of at least 4 members (excludes halogenated alkanes) is 24. The van der Waals surface area contributed by atoms with Gasteiger partial charge in [0, 0.05) is 58.5 Å². The number of likely N-dealkylation sites (tertiary alicyclic amines) is 1. The van der Waals surface area contributed by atoms with E-state index in [9.17, 15) is 19.2 Å². The van der Waals surface area contributed by atoms with E-state index < -0.39 is 6.04 Å². The third-order valence-electron chi connectivity index (χ3n) is 13.8. The summed E-state index contributed by atoms with van der Waals surface area (Å²) in [6, 6.07) is -0.446. The topological polar surface area (TPSA) is 115 Å². The molecule has 2 heterocycles. The lowest BCUT2D eigenvalue weighted by molar-refractivity contribution is -0.151. The summed E-state index contributed by atoms with van der Waals surface area (Å²) in [5.74, 6) is -0.619. The summed E-state index contributed by atoms with van der Waals surface area (Å²) in [5, 5.41) is 0. The predicted octanol–water partition coefficient (Wildman–Crippen LogP) is 12.5. The fraction of sp³-hybridized carbons (Fsp3) is 0.927. The minimum atomic E-state index is -0.446. The van der Waals surface area contributed by atoms with Crippen LogP contribution in [0.2, 0.25) is 0 Å².